The van der Waals surface area contributed by atoms with Crippen molar-refractivity contribution in [1.82, 2.24) is 15.1 Å². The molecule has 0 spiro atoms. The molecule has 0 saturated heterocycles. The molecule has 0 fully saturated rings. The molecule has 1 aromatic heterocycles. The third-order valence-electron chi connectivity index (χ3n) is 7.52. The molecular formula is C33H33FN4O5S. The lowest BCUT2D eigenvalue weighted by Gasteiger charge is -2.24. The molecule has 2 aliphatic heterocycles. The van der Waals surface area contributed by atoms with E-state index in [0.717, 1.165) is 28.1 Å². The van der Waals surface area contributed by atoms with Crippen LogP contribution >= 0.6 is 11.8 Å². The number of carbonyl (C=O) groups excluding carboxylic acids is 2. The Bertz CT molecular complexity index is 1700. The Labute approximate surface area is 259 Å². The van der Waals surface area contributed by atoms with Crippen LogP contribution in [0.15, 0.2) is 66.7 Å². The van der Waals surface area contributed by atoms with Crippen molar-refractivity contribution in [2.24, 2.45) is 0 Å². The van der Waals surface area contributed by atoms with E-state index in [-0.39, 0.29) is 48.5 Å². The Morgan fingerprint density at radius 1 is 1.07 bits per heavy atom. The summed E-state index contributed by atoms with van der Waals surface area (Å²) in [6.07, 6.45) is 0. The number of nitrogens with zero attached hydrogens (tertiary/aromatic N) is 3. The monoisotopic (exact) mass is 616 g/mol. The van der Waals surface area contributed by atoms with Gasteiger partial charge < -0.3 is 19.5 Å². The normalized spacial score (nSPS) is 16.0. The van der Waals surface area contributed by atoms with E-state index in [2.05, 4.69) is 26.1 Å². The largest absolute Gasteiger partial charge is 0.497 e. The Kier molecular flexibility index (Phi) is 7.98. The van der Waals surface area contributed by atoms with E-state index in [9.17, 15) is 14.0 Å². The molecule has 0 aliphatic carbocycles. The molecule has 0 radical (unpaired) electrons. The van der Waals surface area contributed by atoms with Gasteiger partial charge in [-0.15, -0.1) is 11.8 Å². The summed E-state index contributed by atoms with van der Waals surface area (Å²) in [7, 11) is 1.60. The summed E-state index contributed by atoms with van der Waals surface area (Å²) in [4.78, 5) is 28.8. The molecule has 2 amide bonds. The average molecular weight is 617 g/mol. The second kappa shape index (κ2) is 11.9. The number of anilines is 1. The third-order valence-corrected chi connectivity index (χ3v) is 8.78. The van der Waals surface area contributed by atoms with Crippen molar-refractivity contribution >= 4 is 29.4 Å². The molecule has 44 heavy (non-hydrogen) atoms. The van der Waals surface area contributed by atoms with Crippen LogP contribution in [-0.4, -0.2) is 47.8 Å². The zero-order chi connectivity index (χ0) is 31.0. The molecule has 4 aromatic rings. The molecule has 2 aliphatic rings. The molecular weight excluding hydrogens is 583 g/mol. The Hall–Kier alpha value is -4.51. The van der Waals surface area contributed by atoms with Crippen molar-refractivity contribution in [3.63, 3.8) is 0 Å². The van der Waals surface area contributed by atoms with Gasteiger partial charge in [0.05, 0.1) is 29.5 Å². The summed E-state index contributed by atoms with van der Waals surface area (Å²) in [5.74, 6) is 1.78. The van der Waals surface area contributed by atoms with Crippen molar-refractivity contribution < 1.29 is 28.2 Å². The molecule has 0 bridgehead atoms. The molecule has 1 unspecified atom stereocenters. The first kappa shape index (κ1) is 29.6. The van der Waals surface area contributed by atoms with Gasteiger partial charge in [0, 0.05) is 17.5 Å². The molecule has 9 nitrogen and oxygen atoms in total. The summed E-state index contributed by atoms with van der Waals surface area (Å²) in [5.41, 5.74) is 3.67. The fourth-order valence-corrected chi connectivity index (χ4v) is 6.51. The van der Waals surface area contributed by atoms with Crippen molar-refractivity contribution in [3.05, 3.63) is 94.9 Å². The highest BCUT2D eigenvalue weighted by Gasteiger charge is 2.40. The lowest BCUT2D eigenvalue weighted by molar-refractivity contribution is -0.123. The molecule has 1 N–H and O–H groups in total. The molecule has 1 atom stereocenters. The van der Waals surface area contributed by atoms with E-state index in [1.165, 1.54) is 28.8 Å². The quantitative estimate of drug-likeness (QED) is 0.292. The first-order valence-corrected chi connectivity index (χ1v) is 15.3. The SMILES string of the molecule is COc1ccc(-n2nc(C(C)(C)C)c3c2N(CC(=O)NCc2ccc(F)cc2)C(=O)CSC3c2ccc3c(c2)OCO3)cc1. The van der Waals surface area contributed by atoms with Gasteiger partial charge in [-0.05, 0) is 59.7 Å². The van der Waals surface area contributed by atoms with Crippen molar-refractivity contribution in [3.8, 4) is 22.9 Å². The standard InChI is InChI=1S/C33H33FN4O5S/c1-33(2,3)31-29-30(21-7-14-25-26(15-21)43-19-42-25)44-18-28(40)37(17-27(39)35-16-20-5-8-22(34)9-6-20)32(29)38(36-31)23-10-12-24(41-4)13-11-23/h5-15,30H,16-19H2,1-4H3,(H,35,39). The molecule has 6 rings (SSSR count). The van der Waals surface area contributed by atoms with Crippen molar-refractivity contribution in [2.45, 2.75) is 38.0 Å². The number of amides is 2. The summed E-state index contributed by atoms with van der Waals surface area (Å²) in [6.45, 7) is 6.40. The van der Waals surface area contributed by atoms with Crippen molar-refractivity contribution in [2.75, 3.05) is 31.1 Å². The van der Waals surface area contributed by atoms with Crippen LogP contribution in [0.25, 0.3) is 5.69 Å². The number of nitrogens with one attached hydrogen (secondary N) is 1. The third kappa shape index (κ3) is 5.84. The van der Waals surface area contributed by atoms with Crippen LogP contribution < -0.4 is 24.4 Å². The Morgan fingerprint density at radius 3 is 2.50 bits per heavy atom. The number of methoxy groups -OCH3 is 1. The number of carbonyl (C=O) groups is 2. The minimum absolute atomic E-state index is 0.144. The maximum Gasteiger partial charge on any atom is 0.240 e. The van der Waals surface area contributed by atoms with Crippen LogP contribution in [0, 0.1) is 5.82 Å². The summed E-state index contributed by atoms with van der Waals surface area (Å²) >= 11 is 1.49. The summed E-state index contributed by atoms with van der Waals surface area (Å²) < 4.78 is 31.8. The van der Waals surface area contributed by atoms with Crippen LogP contribution in [0.3, 0.4) is 0 Å². The van der Waals surface area contributed by atoms with Gasteiger partial charge in [-0.1, -0.05) is 39.0 Å². The van der Waals surface area contributed by atoms with Crippen LogP contribution in [0.4, 0.5) is 10.2 Å². The molecule has 11 heteroatoms. The highest BCUT2D eigenvalue weighted by molar-refractivity contribution is 8.00. The van der Waals surface area contributed by atoms with Crippen LogP contribution in [-0.2, 0) is 21.5 Å². The first-order valence-electron chi connectivity index (χ1n) is 14.2. The lowest BCUT2D eigenvalue weighted by atomic mass is 9.87. The second-order valence-electron chi connectivity index (χ2n) is 11.6. The molecule has 3 aromatic carbocycles. The summed E-state index contributed by atoms with van der Waals surface area (Å²) in [5, 5.41) is 7.72. The van der Waals surface area contributed by atoms with Crippen LogP contribution in [0.2, 0.25) is 0 Å². The summed E-state index contributed by atoms with van der Waals surface area (Å²) in [6, 6.07) is 19.2. The van der Waals surface area contributed by atoms with Gasteiger partial charge >= 0.3 is 0 Å². The number of halogens is 1. The van der Waals surface area contributed by atoms with E-state index in [0.29, 0.717) is 23.1 Å². The van der Waals surface area contributed by atoms with E-state index >= 15 is 0 Å². The van der Waals surface area contributed by atoms with Gasteiger partial charge in [-0.25, -0.2) is 9.07 Å². The highest BCUT2D eigenvalue weighted by Crippen LogP contribution is 2.50. The fourth-order valence-electron chi connectivity index (χ4n) is 5.32. The topological polar surface area (TPSA) is 94.9 Å². The molecule has 3 heterocycles. The number of thioether (sulfide) groups is 1. The Balaban J connectivity index is 1.46. The number of rotatable bonds is 7. The van der Waals surface area contributed by atoms with E-state index in [1.54, 1.807) is 23.9 Å². The minimum atomic E-state index is -0.402. The molecule has 228 valence electrons. The highest BCUT2D eigenvalue weighted by atomic mass is 32.2. The zero-order valence-corrected chi connectivity index (χ0v) is 25.7. The van der Waals surface area contributed by atoms with Gasteiger partial charge in [-0.3, -0.25) is 14.5 Å². The maximum atomic E-state index is 13.9. The predicted molar refractivity (Wildman–Crippen MR) is 166 cm³/mol. The lowest BCUT2D eigenvalue weighted by Crippen LogP contribution is -2.42. The van der Waals surface area contributed by atoms with Gasteiger partial charge in [0.15, 0.2) is 11.5 Å². The van der Waals surface area contributed by atoms with Gasteiger partial charge in [0.2, 0.25) is 18.6 Å². The number of fused-ring (bicyclic) bond motifs is 2. The smallest absolute Gasteiger partial charge is 0.240 e. The van der Waals surface area contributed by atoms with Crippen LogP contribution in [0.1, 0.15) is 48.4 Å². The predicted octanol–water partition coefficient (Wildman–Crippen LogP) is 5.53. The van der Waals surface area contributed by atoms with Gasteiger partial charge in [0.25, 0.3) is 0 Å². The number of ether oxygens (including phenoxy) is 3. The zero-order valence-electron chi connectivity index (χ0n) is 24.9. The van der Waals surface area contributed by atoms with Crippen molar-refractivity contribution in [1.29, 1.82) is 0 Å². The van der Waals surface area contributed by atoms with Gasteiger partial charge in [-0.2, -0.15) is 5.10 Å². The van der Waals surface area contributed by atoms with Gasteiger partial charge in [0.1, 0.15) is 23.9 Å². The Morgan fingerprint density at radius 2 is 1.80 bits per heavy atom. The second-order valence-corrected chi connectivity index (χ2v) is 12.7. The average Bonchev–Trinajstić information content (AvgIpc) is 3.62. The number of benzene rings is 3. The molecule has 0 saturated carbocycles. The minimum Gasteiger partial charge on any atom is -0.497 e. The fraction of sp³-hybridized carbons (Fsp3) is 0.303. The van der Waals surface area contributed by atoms with Crippen LogP contribution in [0.5, 0.6) is 17.2 Å². The maximum absolute atomic E-state index is 13.9. The van der Waals surface area contributed by atoms with E-state index in [1.807, 2.05) is 42.5 Å². The number of hydrogen-bond acceptors (Lipinski definition) is 7. The van der Waals surface area contributed by atoms with E-state index < -0.39 is 5.41 Å². The van der Waals surface area contributed by atoms with E-state index in [4.69, 9.17) is 19.3 Å². The first-order chi connectivity index (χ1) is 21.1. The number of aromatic nitrogens is 2. The number of hydrogen-bond donors (Lipinski definition) is 1.